The van der Waals surface area contributed by atoms with Crippen LogP contribution in [0, 0.1) is 5.82 Å². The Bertz CT molecular complexity index is 525. The van der Waals surface area contributed by atoms with Gasteiger partial charge in [0.1, 0.15) is 5.82 Å². The standard InChI is InChI=1S/C13H16FN5/c1-3-19(4-2)13-17-12(9-15-18-13)16-11-7-5-10(14)6-8-11/h5-9H,3-4H2,1-2H3,(H,16,17,18). The van der Waals surface area contributed by atoms with Gasteiger partial charge in [0.2, 0.25) is 5.95 Å². The highest BCUT2D eigenvalue weighted by molar-refractivity contribution is 5.55. The summed E-state index contributed by atoms with van der Waals surface area (Å²) in [6.45, 7) is 5.70. The van der Waals surface area contributed by atoms with Gasteiger partial charge in [-0.05, 0) is 38.1 Å². The minimum atomic E-state index is -0.268. The summed E-state index contributed by atoms with van der Waals surface area (Å²) < 4.78 is 12.8. The van der Waals surface area contributed by atoms with Crippen LogP contribution in [0.25, 0.3) is 0 Å². The molecule has 1 aromatic carbocycles. The molecule has 1 aromatic heterocycles. The van der Waals surface area contributed by atoms with E-state index in [1.165, 1.54) is 18.3 Å². The van der Waals surface area contributed by atoms with Crippen molar-refractivity contribution in [2.45, 2.75) is 13.8 Å². The first-order chi connectivity index (χ1) is 9.22. The quantitative estimate of drug-likeness (QED) is 0.896. The fraction of sp³-hybridized carbons (Fsp3) is 0.308. The smallest absolute Gasteiger partial charge is 0.247 e. The van der Waals surface area contributed by atoms with Gasteiger partial charge in [0.25, 0.3) is 0 Å². The molecule has 0 atom stereocenters. The second-order valence-corrected chi connectivity index (χ2v) is 3.95. The SMILES string of the molecule is CCN(CC)c1nncc(Nc2ccc(F)cc2)n1. The van der Waals surface area contributed by atoms with E-state index in [9.17, 15) is 4.39 Å². The first-order valence-corrected chi connectivity index (χ1v) is 6.20. The number of hydrogen-bond donors (Lipinski definition) is 1. The van der Waals surface area contributed by atoms with Crippen LogP contribution in [-0.2, 0) is 0 Å². The maximum atomic E-state index is 12.8. The van der Waals surface area contributed by atoms with E-state index in [0.717, 1.165) is 18.8 Å². The second kappa shape index (κ2) is 6.08. The first kappa shape index (κ1) is 13.2. The van der Waals surface area contributed by atoms with Crippen molar-refractivity contribution in [1.82, 2.24) is 15.2 Å². The van der Waals surface area contributed by atoms with E-state index in [2.05, 4.69) is 20.5 Å². The van der Waals surface area contributed by atoms with Crippen molar-refractivity contribution in [2.75, 3.05) is 23.3 Å². The van der Waals surface area contributed by atoms with E-state index < -0.39 is 0 Å². The van der Waals surface area contributed by atoms with Crippen LogP contribution >= 0.6 is 0 Å². The number of nitrogens with one attached hydrogen (secondary N) is 1. The highest BCUT2D eigenvalue weighted by Crippen LogP contribution is 2.15. The van der Waals surface area contributed by atoms with Gasteiger partial charge in [0, 0.05) is 18.8 Å². The molecular weight excluding hydrogens is 245 g/mol. The van der Waals surface area contributed by atoms with Crippen molar-refractivity contribution in [1.29, 1.82) is 0 Å². The number of rotatable bonds is 5. The Kier molecular flexibility index (Phi) is 4.22. The number of halogens is 1. The van der Waals surface area contributed by atoms with Crippen molar-refractivity contribution in [3.63, 3.8) is 0 Å². The molecule has 0 fully saturated rings. The summed E-state index contributed by atoms with van der Waals surface area (Å²) in [7, 11) is 0. The highest BCUT2D eigenvalue weighted by atomic mass is 19.1. The minimum absolute atomic E-state index is 0.268. The number of benzene rings is 1. The molecule has 0 bridgehead atoms. The fourth-order valence-corrected chi connectivity index (χ4v) is 1.68. The third-order valence-corrected chi connectivity index (χ3v) is 2.71. The maximum Gasteiger partial charge on any atom is 0.247 e. The molecule has 0 unspecified atom stereocenters. The molecule has 0 radical (unpaired) electrons. The summed E-state index contributed by atoms with van der Waals surface area (Å²) in [4.78, 5) is 6.38. The summed E-state index contributed by atoms with van der Waals surface area (Å²) in [5.41, 5.74) is 0.757. The van der Waals surface area contributed by atoms with Gasteiger partial charge >= 0.3 is 0 Å². The number of anilines is 3. The third-order valence-electron chi connectivity index (χ3n) is 2.71. The second-order valence-electron chi connectivity index (χ2n) is 3.95. The normalized spacial score (nSPS) is 10.3. The molecule has 6 heteroatoms. The van der Waals surface area contributed by atoms with Crippen LogP contribution in [0.1, 0.15) is 13.8 Å². The van der Waals surface area contributed by atoms with Crippen LogP contribution in [0.2, 0.25) is 0 Å². The molecule has 1 N–H and O–H groups in total. The lowest BCUT2D eigenvalue weighted by Crippen LogP contribution is -2.24. The molecule has 0 saturated heterocycles. The Labute approximate surface area is 111 Å². The molecule has 0 aliphatic rings. The van der Waals surface area contributed by atoms with Crippen LogP contribution in [0.4, 0.5) is 21.8 Å². The average molecular weight is 261 g/mol. The molecule has 0 spiro atoms. The number of hydrogen-bond acceptors (Lipinski definition) is 5. The number of aromatic nitrogens is 3. The summed E-state index contributed by atoms with van der Waals surface area (Å²) >= 11 is 0. The fourth-order valence-electron chi connectivity index (χ4n) is 1.68. The van der Waals surface area contributed by atoms with Crippen molar-refractivity contribution < 1.29 is 4.39 Å². The van der Waals surface area contributed by atoms with E-state index in [4.69, 9.17) is 0 Å². The van der Waals surface area contributed by atoms with Gasteiger partial charge in [0.15, 0.2) is 5.82 Å². The predicted molar refractivity (Wildman–Crippen MR) is 73.1 cm³/mol. The largest absolute Gasteiger partial charge is 0.340 e. The van der Waals surface area contributed by atoms with Gasteiger partial charge in [-0.1, -0.05) is 0 Å². The molecule has 0 amide bonds. The summed E-state index contributed by atoms with van der Waals surface area (Å²) in [5.74, 6) is 0.899. The molecule has 1 heterocycles. The van der Waals surface area contributed by atoms with Crippen LogP contribution in [0.3, 0.4) is 0 Å². The lowest BCUT2D eigenvalue weighted by Gasteiger charge is -2.18. The van der Waals surface area contributed by atoms with E-state index in [0.29, 0.717) is 11.8 Å². The zero-order chi connectivity index (χ0) is 13.7. The molecule has 2 rings (SSSR count). The Hall–Kier alpha value is -2.24. The molecule has 5 nitrogen and oxygen atoms in total. The lowest BCUT2D eigenvalue weighted by atomic mass is 10.3. The van der Waals surface area contributed by atoms with Crippen molar-refractivity contribution >= 4 is 17.5 Å². The summed E-state index contributed by atoms with van der Waals surface area (Å²) in [6, 6.07) is 6.08. The van der Waals surface area contributed by atoms with Crippen LogP contribution in [0.15, 0.2) is 30.5 Å². The predicted octanol–water partition coefficient (Wildman–Crippen LogP) is 2.60. The van der Waals surface area contributed by atoms with Gasteiger partial charge in [-0.15, -0.1) is 5.10 Å². The third kappa shape index (κ3) is 3.37. The first-order valence-electron chi connectivity index (χ1n) is 6.20. The highest BCUT2D eigenvalue weighted by Gasteiger charge is 2.07. The Morgan fingerprint density at radius 2 is 1.84 bits per heavy atom. The molecular formula is C13H16FN5. The number of nitrogens with zero attached hydrogens (tertiary/aromatic N) is 4. The van der Waals surface area contributed by atoms with Gasteiger partial charge in [-0.2, -0.15) is 10.1 Å². The molecule has 0 aliphatic carbocycles. The van der Waals surface area contributed by atoms with Gasteiger partial charge in [-0.25, -0.2) is 4.39 Å². The zero-order valence-electron chi connectivity index (χ0n) is 11.0. The topological polar surface area (TPSA) is 53.9 Å². The molecule has 0 saturated carbocycles. The van der Waals surface area contributed by atoms with Crippen LogP contribution in [0.5, 0.6) is 0 Å². The Balaban J connectivity index is 2.17. The van der Waals surface area contributed by atoms with E-state index in [1.807, 2.05) is 18.7 Å². The summed E-state index contributed by atoms with van der Waals surface area (Å²) in [6.07, 6.45) is 1.54. The van der Waals surface area contributed by atoms with Gasteiger partial charge in [0.05, 0.1) is 6.20 Å². The summed E-state index contributed by atoms with van der Waals surface area (Å²) in [5, 5.41) is 11.0. The lowest BCUT2D eigenvalue weighted by molar-refractivity contribution is 0.628. The van der Waals surface area contributed by atoms with Crippen molar-refractivity contribution in [2.24, 2.45) is 0 Å². The monoisotopic (exact) mass is 261 g/mol. The molecule has 0 aliphatic heterocycles. The van der Waals surface area contributed by atoms with E-state index >= 15 is 0 Å². The van der Waals surface area contributed by atoms with E-state index in [1.54, 1.807) is 12.1 Å². The maximum absolute atomic E-state index is 12.8. The zero-order valence-corrected chi connectivity index (χ0v) is 11.0. The van der Waals surface area contributed by atoms with Gasteiger partial charge in [-0.3, -0.25) is 0 Å². The minimum Gasteiger partial charge on any atom is -0.340 e. The van der Waals surface area contributed by atoms with Crippen LogP contribution < -0.4 is 10.2 Å². The molecule has 19 heavy (non-hydrogen) atoms. The Morgan fingerprint density at radius 3 is 2.47 bits per heavy atom. The van der Waals surface area contributed by atoms with Gasteiger partial charge < -0.3 is 10.2 Å². The molecule has 100 valence electrons. The van der Waals surface area contributed by atoms with Crippen LogP contribution in [-0.4, -0.2) is 28.3 Å². The van der Waals surface area contributed by atoms with Crippen molar-refractivity contribution in [3.8, 4) is 0 Å². The molecule has 2 aromatic rings. The van der Waals surface area contributed by atoms with E-state index in [-0.39, 0.29) is 5.82 Å². The van der Waals surface area contributed by atoms with Crippen molar-refractivity contribution in [3.05, 3.63) is 36.3 Å². The Morgan fingerprint density at radius 1 is 1.16 bits per heavy atom. The average Bonchev–Trinajstić information content (AvgIpc) is 2.43.